The maximum atomic E-state index is 5.64. The van der Waals surface area contributed by atoms with E-state index in [1.165, 1.54) is 0 Å². The van der Waals surface area contributed by atoms with Crippen molar-refractivity contribution in [1.82, 2.24) is 9.78 Å². The van der Waals surface area contributed by atoms with Gasteiger partial charge in [0.1, 0.15) is 11.6 Å². The van der Waals surface area contributed by atoms with Crippen molar-refractivity contribution in [3.8, 4) is 17.0 Å². The summed E-state index contributed by atoms with van der Waals surface area (Å²) < 4.78 is 7.03. The second-order valence-electron chi connectivity index (χ2n) is 3.28. The van der Waals surface area contributed by atoms with E-state index in [-0.39, 0.29) is 0 Å². The number of rotatable bonds is 2. The summed E-state index contributed by atoms with van der Waals surface area (Å²) in [4.78, 5) is 0. The molecular formula is C11H13N3O. The van der Waals surface area contributed by atoms with Crippen LogP contribution >= 0.6 is 0 Å². The molecule has 0 radical (unpaired) electrons. The second-order valence-corrected chi connectivity index (χ2v) is 3.28. The van der Waals surface area contributed by atoms with Gasteiger partial charge in [0.05, 0.1) is 12.8 Å². The molecule has 0 spiro atoms. The minimum absolute atomic E-state index is 0.512. The third kappa shape index (κ3) is 1.66. The molecule has 0 atom stereocenters. The maximum absolute atomic E-state index is 5.64. The third-order valence-corrected chi connectivity index (χ3v) is 2.28. The van der Waals surface area contributed by atoms with Crippen LogP contribution in [0.15, 0.2) is 30.3 Å². The Balaban J connectivity index is 2.58. The SMILES string of the molecule is COc1ccccc1-c1cc(N)nn1C. The first-order valence-corrected chi connectivity index (χ1v) is 4.65. The largest absolute Gasteiger partial charge is 0.496 e. The summed E-state index contributed by atoms with van der Waals surface area (Å²) in [7, 11) is 3.51. The molecule has 78 valence electrons. The normalized spacial score (nSPS) is 10.3. The van der Waals surface area contributed by atoms with Crippen molar-refractivity contribution in [2.24, 2.45) is 7.05 Å². The van der Waals surface area contributed by atoms with Gasteiger partial charge in [-0.3, -0.25) is 4.68 Å². The lowest BCUT2D eigenvalue weighted by molar-refractivity contribution is 0.416. The van der Waals surface area contributed by atoms with E-state index in [4.69, 9.17) is 10.5 Å². The smallest absolute Gasteiger partial charge is 0.146 e. The van der Waals surface area contributed by atoms with E-state index in [1.54, 1.807) is 11.8 Å². The highest BCUT2D eigenvalue weighted by Gasteiger charge is 2.09. The molecule has 4 heteroatoms. The molecule has 0 saturated carbocycles. The minimum Gasteiger partial charge on any atom is -0.496 e. The van der Waals surface area contributed by atoms with E-state index in [9.17, 15) is 0 Å². The van der Waals surface area contributed by atoms with Crippen LogP contribution in [0.1, 0.15) is 0 Å². The molecule has 0 amide bonds. The summed E-state index contributed by atoms with van der Waals surface area (Å²) in [6.45, 7) is 0. The van der Waals surface area contributed by atoms with Gasteiger partial charge in [0.15, 0.2) is 0 Å². The number of hydrogen-bond donors (Lipinski definition) is 1. The number of aromatic nitrogens is 2. The maximum Gasteiger partial charge on any atom is 0.146 e. The van der Waals surface area contributed by atoms with Gasteiger partial charge in [0, 0.05) is 18.7 Å². The number of aryl methyl sites for hydroxylation is 1. The van der Waals surface area contributed by atoms with Crippen molar-refractivity contribution in [3.05, 3.63) is 30.3 Å². The van der Waals surface area contributed by atoms with Gasteiger partial charge in [0.25, 0.3) is 0 Å². The molecule has 0 saturated heterocycles. The Morgan fingerprint density at radius 3 is 2.67 bits per heavy atom. The fourth-order valence-electron chi connectivity index (χ4n) is 1.60. The van der Waals surface area contributed by atoms with Crippen molar-refractivity contribution in [3.63, 3.8) is 0 Å². The first-order chi connectivity index (χ1) is 7.22. The summed E-state index contributed by atoms with van der Waals surface area (Å²) in [5, 5.41) is 4.10. The van der Waals surface area contributed by atoms with E-state index in [2.05, 4.69) is 5.10 Å². The molecule has 0 unspecified atom stereocenters. The fourth-order valence-corrected chi connectivity index (χ4v) is 1.60. The summed E-state index contributed by atoms with van der Waals surface area (Å²) in [6, 6.07) is 9.62. The standard InChI is InChI=1S/C11H13N3O/c1-14-9(7-11(12)13-14)8-5-3-4-6-10(8)15-2/h3-7H,1-2H3,(H2,12,13). The Hall–Kier alpha value is -1.97. The molecule has 1 aromatic heterocycles. The van der Waals surface area contributed by atoms with Gasteiger partial charge in [-0.15, -0.1) is 0 Å². The monoisotopic (exact) mass is 203 g/mol. The van der Waals surface area contributed by atoms with Gasteiger partial charge < -0.3 is 10.5 Å². The fraction of sp³-hybridized carbons (Fsp3) is 0.182. The van der Waals surface area contributed by atoms with Crippen LogP contribution in [0.2, 0.25) is 0 Å². The van der Waals surface area contributed by atoms with Gasteiger partial charge in [-0.05, 0) is 12.1 Å². The summed E-state index contributed by atoms with van der Waals surface area (Å²) in [6.07, 6.45) is 0. The Morgan fingerprint density at radius 2 is 2.07 bits per heavy atom. The van der Waals surface area contributed by atoms with E-state index in [1.807, 2.05) is 37.4 Å². The Bertz CT molecular complexity index is 476. The average Bonchev–Trinajstić information content (AvgIpc) is 2.57. The molecule has 0 fully saturated rings. The molecule has 0 aliphatic carbocycles. The van der Waals surface area contributed by atoms with Gasteiger partial charge in [-0.1, -0.05) is 12.1 Å². The topological polar surface area (TPSA) is 53.1 Å². The number of methoxy groups -OCH3 is 1. The molecule has 2 rings (SSSR count). The van der Waals surface area contributed by atoms with Crippen LogP contribution < -0.4 is 10.5 Å². The van der Waals surface area contributed by atoms with Crippen LogP contribution in [-0.2, 0) is 7.05 Å². The van der Waals surface area contributed by atoms with Crippen LogP contribution in [-0.4, -0.2) is 16.9 Å². The lowest BCUT2D eigenvalue weighted by Gasteiger charge is -2.07. The number of ether oxygens (including phenoxy) is 1. The quantitative estimate of drug-likeness (QED) is 0.807. The molecule has 1 heterocycles. The number of nitrogens with zero attached hydrogens (tertiary/aromatic N) is 2. The Labute approximate surface area is 88.3 Å². The third-order valence-electron chi connectivity index (χ3n) is 2.28. The summed E-state index contributed by atoms with van der Waals surface area (Å²) in [5.74, 6) is 1.33. The first-order valence-electron chi connectivity index (χ1n) is 4.65. The zero-order valence-corrected chi connectivity index (χ0v) is 8.77. The highest BCUT2D eigenvalue weighted by Crippen LogP contribution is 2.29. The van der Waals surface area contributed by atoms with E-state index < -0.39 is 0 Å². The summed E-state index contributed by atoms with van der Waals surface area (Å²) >= 11 is 0. The van der Waals surface area contributed by atoms with Crippen LogP contribution in [0.25, 0.3) is 11.3 Å². The Morgan fingerprint density at radius 1 is 1.33 bits per heavy atom. The second kappa shape index (κ2) is 3.65. The average molecular weight is 203 g/mol. The lowest BCUT2D eigenvalue weighted by atomic mass is 10.1. The van der Waals surface area contributed by atoms with Crippen molar-refractivity contribution >= 4 is 5.82 Å². The number of anilines is 1. The van der Waals surface area contributed by atoms with Crippen molar-refractivity contribution < 1.29 is 4.74 Å². The van der Waals surface area contributed by atoms with E-state index >= 15 is 0 Å². The lowest BCUT2D eigenvalue weighted by Crippen LogP contribution is -1.96. The predicted molar refractivity (Wildman–Crippen MR) is 59.6 cm³/mol. The van der Waals surface area contributed by atoms with Crippen LogP contribution in [0.4, 0.5) is 5.82 Å². The molecule has 1 aromatic carbocycles. The number of nitrogens with two attached hydrogens (primary N) is 1. The van der Waals surface area contributed by atoms with Gasteiger partial charge in [-0.25, -0.2) is 0 Å². The zero-order chi connectivity index (χ0) is 10.8. The van der Waals surface area contributed by atoms with Gasteiger partial charge in [0.2, 0.25) is 0 Å². The van der Waals surface area contributed by atoms with Crippen LogP contribution in [0.5, 0.6) is 5.75 Å². The van der Waals surface area contributed by atoms with Crippen LogP contribution in [0.3, 0.4) is 0 Å². The number of hydrogen-bond acceptors (Lipinski definition) is 3. The first kappa shape index (κ1) is 9.58. The molecule has 0 bridgehead atoms. The number of para-hydroxylation sites is 1. The van der Waals surface area contributed by atoms with Crippen LogP contribution in [0, 0.1) is 0 Å². The number of nitrogen functional groups attached to an aromatic ring is 1. The zero-order valence-electron chi connectivity index (χ0n) is 8.77. The van der Waals surface area contributed by atoms with E-state index in [0.717, 1.165) is 17.0 Å². The van der Waals surface area contributed by atoms with Gasteiger partial charge >= 0.3 is 0 Å². The van der Waals surface area contributed by atoms with Gasteiger partial charge in [-0.2, -0.15) is 5.10 Å². The molecular weight excluding hydrogens is 190 g/mol. The van der Waals surface area contributed by atoms with E-state index in [0.29, 0.717) is 5.82 Å². The molecule has 2 N–H and O–H groups in total. The van der Waals surface area contributed by atoms with Crippen molar-refractivity contribution in [2.45, 2.75) is 0 Å². The molecule has 15 heavy (non-hydrogen) atoms. The molecule has 0 aliphatic rings. The highest BCUT2D eigenvalue weighted by atomic mass is 16.5. The molecule has 4 nitrogen and oxygen atoms in total. The minimum atomic E-state index is 0.512. The number of benzene rings is 1. The summed E-state index contributed by atoms with van der Waals surface area (Å²) in [5.41, 5.74) is 7.58. The van der Waals surface area contributed by atoms with Crippen molar-refractivity contribution in [2.75, 3.05) is 12.8 Å². The molecule has 2 aromatic rings. The molecule has 0 aliphatic heterocycles. The van der Waals surface area contributed by atoms with Crippen molar-refractivity contribution in [1.29, 1.82) is 0 Å². The highest BCUT2D eigenvalue weighted by molar-refractivity contribution is 5.69. The predicted octanol–water partition coefficient (Wildman–Crippen LogP) is 1.68. The Kier molecular flexibility index (Phi) is 2.33.